The van der Waals surface area contributed by atoms with Crippen molar-refractivity contribution in [2.24, 2.45) is 0 Å². The molecule has 4 aromatic carbocycles. The number of aromatic nitrogens is 2. The molecule has 0 saturated carbocycles. The zero-order valence-electron chi connectivity index (χ0n) is 19.8. The largest absolute Gasteiger partial charge is 0.463 e. The lowest BCUT2D eigenvalue weighted by molar-refractivity contribution is 0.603. The molecule has 0 radical (unpaired) electrons. The lowest BCUT2D eigenvalue weighted by Gasteiger charge is -2.14. The van der Waals surface area contributed by atoms with Crippen LogP contribution in [0.5, 0.6) is 0 Å². The molecule has 0 N–H and O–H groups in total. The van der Waals surface area contributed by atoms with Crippen molar-refractivity contribution >= 4 is 34.2 Å². The monoisotopic (exact) mass is 522 g/mol. The SMILES string of the molecule is Cc1cc2occ(-c3nc(-c4ccccc4)c(-c4ccccc4)n3-c3ccc(Cl)cc3)c(=O)c2cc1Cl. The van der Waals surface area contributed by atoms with Gasteiger partial charge in [0.1, 0.15) is 17.4 Å². The molecule has 2 heterocycles. The third kappa shape index (κ3) is 4.14. The normalized spacial score (nSPS) is 11.2. The average molecular weight is 523 g/mol. The predicted molar refractivity (Wildman–Crippen MR) is 151 cm³/mol. The fraction of sp³-hybridized carbons (Fsp3) is 0.0323. The summed E-state index contributed by atoms with van der Waals surface area (Å²) in [4.78, 5) is 18.9. The molecule has 0 spiro atoms. The average Bonchev–Trinajstić information content (AvgIpc) is 3.32. The number of fused-ring (bicyclic) bond motifs is 1. The number of nitrogens with zero attached hydrogens (tertiary/aromatic N) is 2. The van der Waals surface area contributed by atoms with Crippen molar-refractivity contribution in [3.8, 4) is 39.6 Å². The number of hydrogen-bond acceptors (Lipinski definition) is 3. The van der Waals surface area contributed by atoms with Gasteiger partial charge in [-0.25, -0.2) is 4.98 Å². The van der Waals surface area contributed by atoms with Crippen LogP contribution >= 0.6 is 23.2 Å². The first kappa shape index (κ1) is 23.3. The standard InChI is InChI=1S/C31H20Cl2N2O2/c1-19-16-27-24(17-26(19)33)30(36)25(18-37-27)31-34-28(20-8-4-2-5-9-20)29(21-10-6-3-7-11-21)35(31)23-14-12-22(32)13-15-23/h2-18H,1H3. The predicted octanol–water partition coefficient (Wildman–Crippen LogP) is 8.59. The molecule has 6 heteroatoms. The van der Waals surface area contributed by atoms with Crippen molar-refractivity contribution in [1.29, 1.82) is 0 Å². The van der Waals surface area contributed by atoms with Crippen LogP contribution in [0.25, 0.3) is 50.6 Å². The van der Waals surface area contributed by atoms with E-state index in [1.807, 2.05) is 96.4 Å². The van der Waals surface area contributed by atoms with Crippen LogP contribution in [0, 0.1) is 6.92 Å². The van der Waals surface area contributed by atoms with Crippen LogP contribution in [-0.4, -0.2) is 9.55 Å². The second-order valence-corrected chi connectivity index (χ2v) is 9.60. The molecular weight excluding hydrogens is 503 g/mol. The highest BCUT2D eigenvalue weighted by molar-refractivity contribution is 6.32. The smallest absolute Gasteiger partial charge is 0.203 e. The highest BCUT2D eigenvalue weighted by atomic mass is 35.5. The summed E-state index contributed by atoms with van der Waals surface area (Å²) in [6.07, 6.45) is 1.48. The second-order valence-electron chi connectivity index (χ2n) is 8.75. The minimum atomic E-state index is -0.206. The Bertz CT molecular complexity index is 1810. The molecule has 0 aliphatic rings. The van der Waals surface area contributed by atoms with Crippen LogP contribution in [0.3, 0.4) is 0 Å². The minimum absolute atomic E-state index is 0.206. The fourth-order valence-corrected chi connectivity index (χ4v) is 4.80. The molecule has 0 bridgehead atoms. The summed E-state index contributed by atoms with van der Waals surface area (Å²) in [6, 6.07) is 30.8. The molecule has 0 saturated heterocycles. The van der Waals surface area contributed by atoms with Crippen LogP contribution in [0.2, 0.25) is 10.0 Å². The molecule has 0 amide bonds. The van der Waals surface area contributed by atoms with E-state index in [-0.39, 0.29) is 5.43 Å². The van der Waals surface area contributed by atoms with Gasteiger partial charge in [0.05, 0.1) is 16.8 Å². The van der Waals surface area contributed by atoms with E-state index in [1.54, 1.807) is 12.1 Å². The van der Waals surface area contributed by atoms with E-state index in [2.05, 4.69) is 0 Å². The highest BCUT2D eigenvalue weighted by Gasteiger charge is 2.25. The van der Waals surface area contributed by atoms with Gasteiger partial charge >= 0.3 is 0 Å². The van der Waals surface area contributed by atoms with Gasteiger partial charge in [0.25, 0.3) is 0 Å². The van der Waals surface area contributed by atoms with Gasteiger partial charge in [-0.1, -0.05) is 83.9 Å². The zero-order chi connectivity index (χ0) is 25.5. The summed E-state index contributed by atoms with van der Waals surface area (Å²) in [5.41, 5.74) is 5.75. The number of rotatable bonds is 4. The van der Waals surface area contributed by atoms with Gasteiger partial charge in [0, 0.05) is 26.9 Å². The number of hydrogen-bond donors (Lipinski definition) is 0. The summed E-state index contributed by atoms with van der Waals surface area (Å²) in [7, 11) is 0. The van der Waals surface area contributed by atoms with Crippen molar-refractivity contribution in [2.75, 3.05) is 0 Å². The van der Waals surface area contributed by atoms with Gasteiger partial charge in [0.15, 0.2) is 5.82 Å². The molecule has 6 aromatic rings. The molecule has 37 heavy (non-hydrogen) atoms. The molecule has 0 aliphatic heterocycles. The molecule has 0 atom stereocenters. The molecule has 6 rings (SSSR count). The minimum Gasteiger partial charge on any atom is -0.463 e. The lowest BCUT2D eigenvalue weighted by atomic mass is 10.0. The van der Waals surface area contributed by atoms with Crippen molar-refractivity contribution < 1.29 is 4.42 Å². The number of benzene rings is 4. The third-order valence-electron chi connectivity index (χ3n) is 6.35. The molecule has 4 nitrogen and oxygen atoms in total. The second kappa shape index (κ2) is 9.40. The Morgan fingerprint density at radius 1 is 0.811 bits per heavy atom. The number of aryl methyl sites for hydroxylation is 1. The van der Waals surface area contributed by atoms with E-state index in [1.165, 1.54) is 6.26 Å². The Morgan fingerprint density at radius 3 is 2.14 bits per heavy atom. The maximum absolute atomic E-state index is 13.8. The molecule has 0 aliphatic carbocycles. The Morgan fingerprint density at radius 2 is 1.46 bits per heavy atom. The Balaban J connectivity index is 1.74. The molecule has 0 unspecified atom stereocenters. The van der Waals surface area contributed by atoms with Gasteiger partial charge in [0.2, 0.25) is 5.43 Å². The van der Waals surface area contributed by atoms with E-state index >= 15 is 0 Å². The first-order chi connectivity index (χ1) is 18.0. The van der Waals surface area contributed by atoms with Gasteiger partial charge in [-0.2, -0.15) is 0 Å². The van der Waals surface area contributed by atoms with Crippen LogP contribution < -0.4 is 5.43 Å². The van der Waals surface area contributed by atoms with Gasteiger partial charge in [-0.05, 0) is 48.9 Å². The molecule has 0 fully saturated rings. The Hall–Kier alpha value is -4.12. The maximum atomic E-state index is 13.8. The van der Waals surface area contributed by atoms with Gasteiger partial charge in [-0.3, -0.25) is 9.36 Å². The van der Waals surface area contributed by atoms with Gasteiger partial charge in [-0.15, -0.1) is 0 Å². The van der Waals surface area contributed by atoms with Crippen molar-refractivity contribution in [3.05, 3.63) is 129 Å². The Labute approximate surface area is 223 Å². The molecule has 180 valence electrons. The Kier molecular flexibility index (Phi) is 5.91. The van der Waals surface area contributed by atoms with E-state index < -0.39 is 0 Å². The number of imidazole rings is 1. The summed E-state index contributed by atoms with van der Waals surface area (Å²) in [5.74, 6) is 0.465. The summed E-state index contributed by atoms with van der Waals surface area (Å²) < 4.78 is 7.94. The summed E-state index contributed by atoms with van der Waals surface area (Å²) in [5, 5.41) is 1.53. The van der Waals surface area contributed by atoms with Gasteiger partial charge < -0.3 is 4.42 Å². The van der Waals surface area contributed by atoms with Crippen LogP contribution in [0.4, 0.5) is 0 Å². The fourth-order valence-electron chi connectivity index (χ4n) is 4.51. The first-order valence-electron chi connectivity index (χ1n) is 11.7. The van der Waals surface area contributed by atoms with Crippen molar-refractivity contribution in [2.45, 2.75) is 6.92 Å². The van der Waals surface area contributed by atoms with Crippen LogP contribution in [0.15, 0.2) is 113 Å². The van der Waals surface area contributed by atoms with Crippen molar-refractivity contribution in [1.82, 2.24) is 9.55 Å². The summed E-state index contributed by atoms with van der Waals surface area (Å²) >= 11 is 12.6. The zero-order valence-corrected chi connectivity index (χ0v) is 21.3. The molecule has 2 aromatic heterocycles. The summed E-state index contributed by atoms with van der Waals surface area (Å²) in [6.45, 7) is 1.88. The van der Waals surface area contributed by atoms with Crippen LogP contribution in [0.1, 0.15) is 5.56 Å². The first-order valence-corrected chi connectivity index (χ1v) is 12.5. The molecular formula is C31H20Cl2N2O2. The van der Waals surface area contributed by atoms with E-state index in [4.69, 9.17) is 32.6 Å². The quantitative estimate of drug-likeness (QED) is 0.233. The maximum Gasteiger partial charge on any atom is 0.203 e. The van der Waals surface area contributed by atoms with E-state index in [9.17, 15) is 4.79 Å². The highest BCUT2D eigenvalue weighted by Crippen LogP contribution is 2.38. The topological polar surface area (TPSA) is 48.0 Å². The van der Waals surface area contributed by atoms with E-state index in [0.29, 0.717) is 32.4 Å². The van der Waals surface area contributed by atoms with Crippen molar-refractivity contribution in [3.63, 3.8) is 0 Å². The van der Waals surface area contributed by atoms with Crippen LogP contribution in [-0.2, 0) is 0 Å². The lowest BCUT2D eigenvalue weighted by Crippen LogP contribution is -2.09. The van der Waals surface area contributed by atoms with E-state index in [0.717, 1.165) is 33.8 Å². The number of halogens is 2. The third-order valence-corrected chi connectivity index (χ3v) is 7.01.